The minimum atomic E-state index is -4.34. The normalized spacial score (nSPS) is 22.8. The number of hydrogen-bond acceptors (Lipinski definition) is 2. The maximum absolute atomic E-state index is 11.9. The molecule has 65 valence electrons. The topological polar surface area (TPSA) is 12.0 Å². The third-order valence-electron chi connectivity index (χ3n) is 1.20. The van der Waals surface area contributed by atoms with E-state index in [1.165, 1.54) is 0 Å². The Kier molecular flexibility index (Phi) is 2.58. The molecule has 0 bridgehead atoms. The maximum atomic E-state index is 11.9. The lowest BCUT2D eigenvalue weighted by Gasteiger charge is -2.11. The number of hydrogen-bond donors (Lipinski definition) is 1. The first-order chi connectivity index (χ1) is 5.54. The summed E-state index contributed by atoms with van der Waals surface area (Å²) < 4.78 is 35.8. The number of thioether (sulfide) groups is 1. The monoisotopic (exact) mass is 192 g/mol. The van der Waals surface area contributed by atoms with Gasteiger partial charge in [-0.2, -0.15) is 13.2 Å². The molecule has 0 saturated carbocycles. The molecule has 12 heavy (non-hydrogen) atoms. The SMILES string of the molecule is C#CCC1NC(C(F)(F)F)=[C]S1. The van der Waals surface area contributed by atoms with E-state index in [2.05, 4.69) is 16.6 Å². The van der Waals surface area contributed by atoms with Gasteiger partial charge in [0.25, 0.3) is 0 Å². The van der Waals surface area contributed by atoms with Gasteiger partial charge in [0.2, 0.25) is 0 Å². The molecule has 0 amide bonds. The summed E-state index contributed by atoms with van der Waals surface area (Å²) in [4.78, 5) is 0. The minimum Gasteiger partial charge on any atom is -0.367 e. The van der Waals surface area contributed by atoms with Crippen molar-refractivity contribution in [1.29, 1.82) is 0 Å². The van der Waals surface area contributed by atoms with Gasteiger partial charge < -0.3 is 5.32 Å². The van der Waals surface area contributed by atoms with Gasteiger partial charge in [0.1, 0.15) is 5.70 Å². The highest BCUT2D eigenvalue weighted by Gasteiger charge is 2.38. The first kappa shape index (κ1) is 9.33. The van der Waals surface area contributed by atoms with Gasteiger partial charge in [-0.05, 0) is 0 Å². The average Bonchev–Trinajstić information content (AvgIpc) is 2.35. The summed E-state index contributed by atoms with van der Waals surface area (Å²) in [5.74, 6) is 2.28. The number of allylic oxidation sites excluding steroid dienone is 1. The van der Waals surface area contributed by atoms with Crippen molar-refractivity contribution >= 4 is 11.8 Å². The molecule has 1 atom stereocenters. The van der Waals surface area contributed by atoms with Crippen molar-refractivity contribution in [3.63, 3.8) is 0 Å². The zero-order chi connectivity index (χ0) is 9.19. The number of rotatable bonds is 1. The Morgan fingerprint density at radius 1 is 1.67 bits per heavy atom. The van der Waals surface area contributed by atoms with Crippen molar-refractivity contribution in [2.75, 3.05) is 0 Å². The molecule has 0 aliphatic carbocycles. The fourth-order valence-electron chi connectivity index (χ4n) is 0.689. The van der Waals surface area contributed by atoms with Crippen LogP contribution in [0.5, 0.6) is 0 Å². The number of alkyl halides is 3. The summed E-state index contributed by atoms with van der Waals surface area (Å²) in [5.41, 5.74) is -0.826. The minimum absolute atomic E-state index is 0.261. The Bertz CT molecular complexity index is 238. The molecular weight excluding hydrogens is 187 g/mol. The predicted molar refractivity (Wildman–Crippen MR) is 40.8 cm³/mol. The second-order valence-corrected chi connectivity index (χ2v) is 3.14. The van der Waals surface area contributed by atoms with E-state index in [0.29, 0.717) is 0 Å². The second-order valence-electron chi connectivity index (χ2n) is 2.13. The molecule has 1 rings (SSSR count). The van der Waals surface area contributed by atoms with Crippen LogP contribution in [0.2, 0.25) is 0 Å². The summed E-state index contributed by atoms with van der Waals surface area (Å²) in [6.45, 7) is 0. The van der Waals surface area contributed by atoms with Crippen molar-refractivity contribution in [1.82, 2.24) is 5.32 Å². The first-order valence-corrected chi connectivity index (χ1v) is 3.98. The van der Waals surface area contributed by atoms with Gasteiger partial charge in [0.15, 0.2) is 0 Å². The van der Waals surface area contributed by atoms with Crippen molar-refractivity contribution in [3.05, 3.63) is 11.1 Å². The molecule has 0 fully saturated rings. The molecule has 1 heterocycles. The van der Waals surface area contributed by atoms with Crippen LogP contribution in [0.15, 0.2) is 5.70 Å². The largest absolute Gasteiger partial charge is 0.432 e. The molecule has 1 aliphatic rings. The Morgan fingerprint density at radius 3 is 2.75 bits per heavy atom. The van der Waals surface area contributed by atoms with E-state index in [1.807, 2.05) is 0 Å². The molecule has 1 aliphatic heterocycles. The molecule has 0 aromatic heterocycles. The lowest BCUT2D eigenvalue weighted by molar-refractivity contribution is -0.0966. The van der Waals surface area contributed by atoms with Crippen LogP contribution in [0.4, 0.5) is 13.2 Å². The zero-order valence-electron chi connectivity index (χ0n) is 5.90. The second kappa shape index (κ2) is 3.31. The summed E-state index contributed by atoms with van der Waals surface area (Å²) in [6, 6.07) is 0. The lowest BCUT2D eigenvalue weighted by atomic mass is 10.4. The quantitative estimate of drug-likeness (QED) is 0.636. The van der Waals surface area contributed by atoms with Gasteiger partial charge in [-0.1, -0.05) is 11.8 Å². The van der Waals surface area contributed by atoms with E-state index in [-0.39, 0.29) is 11.8 Å². The molecular formula is C7H5F3NS. The first-order valence-electron chi connectivity index (χ1n) is 3.10. The maximum Gasteiger partial charge on any atom is 0.432 e. The average molecular weight is 192 g/mol. The van der Waals surface area contributed by atoms with Crippen LogP contribution < -0.4 is 5.32 Å². The van der Waals surface area contributed by atoms with Crippen LogP contribution in [-0.4, -0.2) is 11.6 Å². The van der Waals surface area contributed by atoms with Crippen LogP contribution in [0.1, 0.15) is 6.42 Å². The Labute approximate surface area is 72.4 Å². The fraction of sp³-hybridized carbons (Fsp3) is 0.429. The predicted octanol–water partition coefficient (Wildman–Crippen LogP) is 1.88. The van der Waals surface area contributed by atoms with Crippen molar-refractivity contribution < 1.29 is 13.2 Å². The smallest absolute Gasteiger partial charge is 0.367 e. The summed E-state index contributed by atoms with van der Waals surface area (Å²) in [6.07, 6.45) is 0.865. The molecule has 1 radical (unpaired) electrons. The molecule has 1 N–H and O–H groups in total. The highest BCUT2D eigenvalue weighted by atomic mass is 32.2. The summed E-state index contributed by atoms with van der Waals surface area (Å²) in [7, 11) is 0. The summed E-state index contributed by atoms with van der Waals surface area (Å²) in [5, 5.41) is 3.98. The molecule has 0 aromatic rings. The zero-order valence-corrected chi connectivity index (χ0v) is 6.72. The van der Waals surface area contributed by atoms with Crippen LogP contribution in [0.25, 0.3) is 0 Å². The molecule has 1 unspecified atom stereocenters. The third kappa shape index (κ3) is 2.11. The number of terminal acetylenes is 1. The molecule has 5 heteroatoms. The van der Waals surface area contributed by atoms with Crippen molar-refractivity contribution in [2.45, 2.75) is 18.0 Å². The Morgan fingerprint density at radius 2 is 2.33 bits per heavy atom. The van der Waals surface area contributed by atoms with E-state index in [0.717, 1.165) is 11.8 Å². The van der Waals surface area contributed by atoms with E-state index >= 15 is 0 Å². The Balaban J connectivity index is 2.50. The van der Waals surface area contributed by atoms with Crippen molar-refractivity contribution in [2.24, 2.45) is 0 Å². The third-order valence-corrected chi connectivity index (χ3v) is 2.09. The van der Waals surface area contributed by atoms with Gasteiger partial charge in [0, 0.05) is 6.42 Å². The van der Waals surface area contributed by atoms with Crippen LogP contribution in [-0.2, 0) is 0 Å². The fourth-order valence-corrected chi connectivity index (χ4v) is 1.48. The van der Waals surface area contributed by atoms with E-state index in [4.69, 9.17) is 6.42 Å². The van der Waals surface area contributed by atoms with Crippen LogP contribution >= 0.6 is 11.8 Å². The van der Waals surface area contributed by atoms with Crippen LogP contribution in [0, 0.1) is 17.8 Å². The molecule has 0 aromatic carbocycles. The van der Waals surface area contributed by atoms with Gasteiger partial charge in [-0.15, -0.1) is 12.3 Å². The van der Waals surface area contributed by atoms with Gasteiger partial charge >= 0.3 is 6.18 Å². The Hall–Kier alpha value is -0.760. The number of nitrogens with one attached hydrogen (secondary N) is 1. The molecule has 0 saturated heterocycles. The van der Waals surface area contributed by atoms with Gasteiger partial charge in [-0.25, -0.2) is 0 Å². The van der Waals surface area contributed by atoms with Crippen molar-refractivity contribution in [3.8, 4) is 12.3 Å². The van der Waals surface area contributed by atoms with Gasteiger partial charge in [-0.3, -0.25) is 0 Å². The molecule has 0 spiro atoms. The van der Waals surface area contributed by atoms with E-state index in [1.54, 1.807) is 0 Å². The number of halogens is 3. The van der Waals surface area contributed by atoms with Gasteiger partial charge in [0.05, 0.1) is 10.8 Å². The van der Waals surface area contributed by atoms with E-state index in [9.17, 15) is 13.2 Å². The van der Waals surface area contributed by atoms with E-state index < -0.39 is 11.9 Å². The van der Waals surface area contributed by atoms with Crippen LogP contribution in [0.3, 0.4) is 0 Å². The lowest BCUT2D eigenvalue weighted by Crippen LogP contribution is -2.28. The standard InChI is InChI=1S/C7H5F3NS/c1-2-3-6-11-5(4-12-6)7(8,9)10/h1,6,11H,3H2. The molecule has 1 nitrogen and oxygen atoms in total. The highest BCUT2D eigenvalue weighted by molar-refractivity contribution is 8.01. The highest BCUT2D eigenvalue weighted by Crippen LogP contribution is 2.32. The summed E-state index contributed by atoms with van der Waals surface area (Å²) >= 11 is 0.941.